The molecule has 0 saturated carbocycles. The second kappa shape index (κ2) is 6.68. The van der Waals surface area contributed by atoms with Crippen molar-refractivity contribution in [3.05, 3.63) is 40.5 Å². The van der Waals surface area contributed by atoms with E-state index in [1.807, 2.05) is 25.1 Å². The molecule has 1 N–H and O–H groups in total. The monoisotopic (exact) mass is 367 g/mol. The Hall–Kier alpha value is -2.47. The van der Waals surface area contributed by atoms with Gasteiger partial charge in [-0.05, 0) is 60.4 Å². The maximum Gasteiger partial charge on any atom is 0.231 e. The number of carbonyl (C=O) groups excluding carboxylic acids is 1. The molecule has 134 valence electrons. The van der Waals surface area contributed by atoms with Gasteiger partial charge in [-0.1, -0.05) is 13.8 Å². The molecule has 4 rings (SSSR count). The summed E-state index contributed by atoms with van der Waals surface area (Å²) in [7, 11) is 0. The number of benzene rings is 1. The number of rotatable bonds is 4. The number of fused-ring (bicyclic) bond motifs is 2. The molecule has 2 aromatic heterocycles. The van der Waals surface area contributed by atoms with Crippen LogP contribution in [0.1, 0.15) is 37.2 Å². The number of anilines is 1. The first-order valence-corrected chi connectivity index (χ1v) is 9.73. The Morgan fingerprint density at radius 2 is 2.12 bits per heavy atom. The van der Waals surface area contributed by atoms with Gasteiger partial charge in [0, 0.05) is 12.1 Å². The molecular weight excluding hydrogens is 346 g/mol. The number of aromatic nitrogens is 2. The van der Waals surface area contributed by atoms with E-state index in [4.69, 9.17) is 4.74 Å². The van der Waals surface area contributed by atoms with Crippen molar-refractivity contribution in [2.45, 2.75) is 40.0 Å². The Kier molecular flexibility index (Phi) is 4.36. The zero-order chi connectivity index (χ0) is 18.3. The summed E-state index contributed by atoms with van der Waals surface area (Å²) >= 11 is 1.64. The number of ether oxygens (including phenoxy) is 1. The van der Waals surface area contributed by atoms with Crippen LogP contribution in [0.25, 0.3) is 10.2 Å². The van der Waals surface area contributed by atoms with Crippen LogP contribution in [0.4, 0.5) is 5.69 Å². The van der Waals surface area contributed by atoms with Gasteiger partial charge in [0.1, 0.15) is 16.4 Å². The lowest BCUT2D eigenvalue weighted by molar-refractivity contribution is -0.116. The third-order valence-electron chi connectivity index (χ3n) is 4.40. The minimum Gasteiger partial charge on any atom is -0.438 e. The van der Waals surface area contributed by atoms with Gasteiger partial charge in [0.15, 0.2) is 0 Å². The first-order valence-electron chi connectivity index (χ1n) is 8.85. The van der Waals surface area contributed by atoms with Gasteiger partial charge in [0.25, 0.3) is 0 Å². The van der Waals surface area contributed by atoms with E-state index in [1.165, 1.54) is 5.56 Å². The van der Waals surface area contributed by atoms with Gasteiger partial charge in [-0.25, -0.2) is 4.98 Å². The molecule has 3 heterocycles. The van der Waals surface area contributed by atoms with Gasteiger partial charge in [0.2, 0.25) is 11.8 Å². The molecule has 1 amide bonds. The summed E-state index contributed by atoms with van der Waals surface area (Å²) < 4.78 is 6.19. The summed E-state index contributed by atoms with van der Waals surface area (Å²) in [6, 6.07) is 5.77. The van der Waals surface area contributed by atoms with Crippen molar-refractivity contribution in [2.24, 2.45) is 5.92 Å². The van der Waals surface area contributed by atoms with Crippen LogP contribution in [0.15, 0.2) is 23.6 Å². The van der Waals surface area contributed by atoms with Gasteiger partial charge < -0.3 is 10.1 Å². The third-order valence-corrected chi connectivity index (χ3v) is 5.32. The molecule has 0 bridgehead atoms. The lowest BCUT2D eigenvalue weighted by Gasteiger charge is -2.17. The fraction of sp³-hybridized carbons (Fsp3) is 0.350. The number of nitrogens with one attached hydrogen (secondary N) is 1. The van der Waals surface area contributed by atoms with E-state index in [0.717, 1.165) is 40.1 Å². The van der Waals surface area contributed by atoms with Crippen molar-refractivity contribution in [1.29, 1.82) is 0 Å². The number of amides is 1. The fourth-order valence-corrected chi connectivity index (χ4v) is 4.26. The molecule has 1 aliphatic rings. The minimum atomic E-state index is 0.0657. The van der Waals surface area contributed by atoms with Crippen molar-refractivity contribution < 1.29 is 9.53 Å². The van der Waals surface area contributed by atoms with Crippen molar-refractivity contribution in [2.75, 3.05) is 5.32 Å². The standard InChI is InChI=1S/C20H21N3O2S/c1-11(2)8-14-10-26-20-18(14)19(21-12(3)22-20)25-15-5-6-16-13(9-15)4-7-17(24)23-16/h5-6,9-11H,4,7-8H2,1-3H3,(H,23,24). The predicted octanol–water partition coefficient (Wildman–Crippen LogP) is 4.88. The molecule has 5 nitrogen and oxygen atoms in total. The van der Waals surface area contributed by atoms with Crippen LogP contribution >= 0.6 is 11.3 Å². The van der Waals surface area contributed by atoms with Crippen molar-refractivity contribution in [1.82, 2.24) is 9.97 Å². The van der Waals surface area contributed by atoms with Crippen LogP contribution in [0, 0.1) is 12.8 Å². The topological polar surface area (TPSA) is 64.1 Å². The molecule has 26 heavy (non-hydrogen) atoms. The van der Waals surface area contributed by atoms with Crippen LogP contribution in [0.2, 0.25) is 0 Å². The highest BCUT2D eigenvalue weighted by atomic mass is 32.1. The summed E-state index contributed by atoms with van der Waals surface area (Å²) in [4.78, 5) is 21.6. The molecule has 0 aliphatic carbocycles. The molecule has 0 radical (unpaired) electrons. The lowest BCUT2D eigenvalue weighted by atomic mass is 10.0. The molecular formula is C20H21N3O2S. The van der Waals surface area contributed by atoms with E-state index in [9.17, 15) is 4.79 Å². The maximum atomic E-state index is 11.5. The molecule has 0 saturated heterocycles. The van der Waals surface area contributed by atoms with Gasteiger partial charge >= 0.3 is 0 Å². The molecule has 0 fully saturated rings. The third kappa shape index (κ3) is 3.29. The van der Waals surface area contributed by atoms with Crippen LogP contribution in [-0.4, -0.2) is 15.9 Å². The van der Waals surface area contributed by atoms with E-state index in [-0.39, 0.29) is 5.91 Å². The van der Waals surface area contributed by atoms with Crippen LogP contribution < -0.4 is 10.1 Å². The SMILES string of the molecule is Cc1nc(Oc2ccc3c(c2)CCC(=O)N3)c2c(CC(C)C)csc2n1. The first-order chi connectivity index (χ1) is 12.5. The first kappa shape index (κ1) is 17.0. The second-order valence-corrected chi connectivity index (χ2v) is 7.94. The van der Waals surface area contributed by atoms with Crippen LogP contribution in [-0.2, 0) is 17.6 Å². The summed E-state index contributed by atoms with van der Waals surface area (Å²) in [6.45, 7) is 6.30. The summed E-state index contributed by atoms with van der Waals surface area (Å²) in [5.74, 6) is 2.67. The zero-order valence-electron chi connectivity index (χ0n) is 15.1. The van der Waals surface area contributed by atoms with Gasteiger partial charge in [-0.2, -0.15) is 4.98 Å². The molecule has 0 atom stereocenters. The van der Waals surface area contributed by atoms with Crippen LogP contribution in [0.5, 0.6) is 11.6 Å². The molecule has 6 heteroatoms. The Bertz CT molecular complexity index is 994. The number of hydrogen-bond donors (Lipinski definition) is 1. The van der Waals surface area contributed by atoms with E-state index >= 15 is 0 Å². The lowest BCUT2D eigenvalue weighted by Crippen LogP contribution is -2.18. The minimum absolute atomic E-state index is 0.0657. The smallest absolute Gasteiger partial charge is 0.231 e. The zero-order valence-corrected chi connectivity index (χ0v) is 15.9. The highest BCUT2D eigenvalue weighted by Gasteiger charge is 2.18. The summed E-state index contributed by atoms with van der Waals surface area (Å²) in [6.07, 6.45) is 2.21. The molecule has 1 aromatic carbocycles. The fourth-order valence-electron chi connectivity index (χ4n) is 3.27. The Labute approximate surface area is 156 Å². The quantitative estimate of drug-likeness (QED) is 0.714. The number of hydrogen-bond acceptors (Lipinski definition) is 5. The Balaban J connectivity index is 1.72. The number of nitrogens with zero attached hydrogens (tertiary/aromatic N) is 2. The van der Waals surface area contributed by atoms with Gasteiger partial charge in [0.05, 0.1) is 5.39 Å². The largest absolute Gasteiger partial charge is 0.438 e. The number of carbonyl (C=O) groups is 1. The average molecular weight is 367 g/mol. The molecule has 1 aliphatic heterocycles. The van der Waals surface area contributed by atoms with E-state index < -0.39 is 0 Å². The maximum absolute atomic E-state index is 11.5. The van der Waals surface area contributed by atoms with E-state index in [0.29, 0.717) is 24.0 Å². The Morgan fingerprint density at radius 3 is 2.92 bits per heavy atom. The average Bonchev–Trinajstić information content (AvgIpc) is 2.97. The predicted molar refractivity (Wildman–Crippen MR) is 104 cm³/mol. The van der Waals surface area contributed by atoms with Crippen molar-refractivity contribution in [3.63, 3.8) is 0 Å². The highest BCUT2D eigenvalue weighted by molar-refractivity contribution is 7.17. The van der Waals surface area contributed by atoms with Crippen molar-refractivity contribution >= 4 is 33.1 Å². The summed E-state index contributed by atoms with van der Waals surface area (Å²) in [5.41, 5.74) is 3.20. The van der Waals surface area contributed by atoms with E-state index in [2.05, 4.69) is 34.5 Å². The number of thiophene rings is 1. The highest BCUT2D eigenvalue weighted by Crippen LogP contribution is 2.36. The Morgan fingerprint density at radius 1 is 1.27 bits per heavy atom. The molecule has 3 aromatic rings. The summed E-state index contributed by atoms with van der Waals surface area (Å²) in [5, 5.41) is 6.07. The normalized spacial score (nSPS) is 13.8. The second-order valence-electron chi connectivity index (χ2n) is 7.08. The van der Waals surface area contributed by atoms with Gasteiger partial charge in [-0.15, -0.1) is 11.3 Å². The molecule has 0 unspecified atom stereocenters. The molecule has 0 spiro atoms. The number of aryl methyl sites for hydroxylation is 2. The van der Waals surface area contributed by atoms with Gasteiger partial charge in [-0.3, -0.25) is 4.79 Å². The van der Waals surface area contributed by atoms with Crippen LogP contribution in [0.3, 0.4) is 0 Å². The van der Waals surface area contributed by atoms with Crippen molar-refractivity contribution in [3.8, 4) is 11.6 Å². The van der Waals surface area contributed by atoms with E-state index in [1.54, 1.807) is 11.3 Å².